The van der Waals surface area contributed by atoms with E-state index in [-0.39, 0.29) is 5.41 Å². The molecule has 1 aliphatic rings. The number of hydrogen-bond acceptors (Lipinski definition) is 2. The van der Waals surface area contributed by atoms with Gasteiger partial charge in [-0.05, 0) is 51.7 Å². The molecule has 0 saturated heterocycles. The van der Waals surface area contributed by atoms with Crippen LogP contribution in [0.25, 0.3) is 0 Å². The maximum Gasteiger partial charge on any atom is 0.136 e. The van der Waals surface area contributed by atoms with Gasteiger partial charge in [-0.2, -0.15) is 0 Å². The fraction of sp³-hybridized carbons (Fsp3) is 0.533. The Labute approximate surface area is 117 Å². The van der Waals surface area contributed by atoms with Crippen LogP contribution >= 0.6 is 15.9 Å². The first-order valence-corrected chi connectivity index (χ1v) is 7.13. The highest BCUT2D eigenvalue weighted by molar-refractivity contribution is 9.10. The third kappa shape index (κ3) is 2.20. The number of fused-ring (bicyclic) bond motifs is 1. The molecule has 1 aliphatic carbocycles. The summed E-state index contributed by atoms with van der Waals surface area (Å²) in [5.41, 5.74) is 3.85. The van der Waals surface area contributed by atoms with Crippen LogP contribution in [0.1, 0.15) is 43.4 Å². The molecule has 3 heteroatoms. The van der Waals surface area contributed by atoms with E-state index in [0.717, 1.165) is 28.5 Å². The summed E-state index contributed by atoms with van der Waals surface area (Å²) in [4.78, 5) is 10.8. The second-order valence-corrected chi connectivity index (χ2v) is 6.32. The average Bonchev–Trinajstić information content (AvgIpc) is 2.28. The van der Waals surface area contributed by atoms with E-state index in [9.17, 15) is 4.79 Å². The van der Waals surface area contributed by atoms with E-state index in [4.69, 9.17) is 4.74 Å². The molecule has 2 rings (SSSR count). The van der Waals surface area contributed by atoms with Gasteiger partial charge < -0.3 is 9.53 Å². The molecule has 0 saturated carbocycles. The Morgan fingerprint density at radius 3 is 2.83 bits per heavy atom. The van der Waals surface area contributed by atoms with Crippen molar-refractivity contribution >= 4 is 22.2 Å². The van der Waals surface area contributed by atoms with Crippen LogP contribution in [0.3, 0.4) is 0 Å². The molecule has 0 bridgehead atoms. The van der Waals surface area contributed by atoms with Crippen molar-refractivity contribution < 1.29 is 9.53 Å². The zero-order valence-electron chi connectivity index (χ0n) is 11.2. The van der Waals surface area contributed by atoms with Crippen LogP contribution in [0.4, 0.5) is 0 Å². The smallest absolute Gasteiger partial charge is 0.136 e. The van der Waals surface area contributed by atoms with Gasteiger partial charge in [-0.3, -0.25) is 0 Å². The predicted octanol–water partition coefficient (Wildman–Crippen LogP) is 3.81. The molecule has 0 aromatic heterocycles. The highest BCUT2D eigenvalue weighted by Crippen LogP contribution is 2.46. The fourth-order valence-corrected chi connectivity index (χ4v) is 4.19. The summed E-state index contributed by atoms with van der Waals surface area (Å²) < 4.78 is 6.51. The van der Waals surface area contributed by atoms with Crippen molar-refractivity contribution in [1.82, 2.24) is 0 Å². The number of rotatable bonds is 3. The first-order valence-electron chi connectivity index (χ1n) is 6.33. The number of benzene rings is 1. The Balaban J connectivity index is 2.66. The predicted molar refractivity (Wildman–Crippen MR) is 76.4 cm³/mol. The number of methoxy groups -OCH3 is 1. The average molecular weight is 311 g/mol. The molecule has 0 atom stereocenters. The van der Waals surface area contributed by atoms with Gasteiger partial charge in [0.2, 0.25) is 0 Å². The monoisotopic (exact) mass is 310 g/mol. The maximum atomic E-state index is 10.8. The SMILES string of the molecule is COc1c(CC=O)cc2c(c1Br)C(C)(C)CCC2. The Morgan fingerprint density at radius 2 is 2.22 bits per heavy atom. The van der Waals surface area contributed by atoms with Crippen molar-refractivity contribution in [2.24, 2.45) is 0 Å². The van der Waals surface area contributed by atoms with Gasteiger partial charge in [-0.25, -0.2) is 0 Å². The van der Waals surface area contributed by atoms with Gasteiger partial charge in [0.15, 0.2) is 0 Å². The summed E-state index contributed by atoms with van der Waals surface area (Å²) in [5.74, 6) is 0.816. The molecule has 2 nitrogen and oxygen atoms in total. The number of carbonyl (C=O) groups is 1. The molecule has 0 unspecified atom stereocenters. The number of aldehydes is 1. The van der Waals surface area contributed by atoms with Crippen LogP contribution in [0.15, 0.2) is 10.5 Å². The number of halogens is 1. The van der Waals surface area contributed by atoms with E-state index in [1.807, 2.05) is 0 Å². The van der Waals surface area contributed by atoms with Crippen molar-refractivity contribution in [3.05, 3.63) is 27.2 Å². The molecule has 98 valence electrons. The van der Waals surface area contributed by atoms with Crippen molar-refractivity contribution in [1.29, 1.82) is 0 Å². The molecule has 1 aromatic rings. The summed E-state index contributed by atoms with van der Waals surface area (Å²) in [5, 5.41) is 0. The normalized spacial score (nSPS) is 17.1. The lowest BCUT2D eigenvalue weighted by Gasteiger charge is -2.34. The van der Waals surface area contributed by atoms with Crippen molar-refractivity contribution in [2.75, 3.05) is 7.11 Å². The number of hydrogen-bond donors (Lipinski definition) is 0. The van der Waals surface area contributed by atoms with Crippen molar-refractivity contribution in [3.8, 4) is 5.75 Å². The quantitative estimate of drug-likeness (QED) is 0.793. The number of ether oxygens (including phenoxy) is 1. The van der Waals surface area contributed by atoms with Gasteiger partial charge in [-0.15, -0.1) is 0 Å². The molecule has 18 heavy (non-hydrogen) atoms. The van der Waals surface area contributed by atoms with Crippen LogP contribution in [-0.4, -0.2) is 13.4 Å². The summed E-state index contributed by atoms with van der Waals surface area (Å²) in [6, 6.07) is 2.15. The summed E-state index contributed by atoms with van der Waals surface area (Å²) in [7, 11) is 1.66. The molecular formula is C15H19BrO2. The topological polar surface area (TPSA) is 26.3 Å². The van der Waals surface area contributed by atoms with E-state index < -0.39 is 0 Å². The lowest BCUT2D eigenvalue weighted by atomic mass is 9.72. The zero-order chi connectivity index (χ0) is 13.3. The van der Waals surface area contributed by atoms with Gasteiger partial charge in [0.25, 0.3) is 0 Å². The van der Waals surface area contributed by atoms with Crippen LogP contribution in [0.5, 0.6) is 5.75 Å². The van der Waals surface area contributed by atoms with Gasteiger partial charge >= 0.3 is 0 Å². The first kappa shape index (κ1) is 13.6. The van der Waals surface area contributed by atoms with Gasteiger partial charge in [0.05, 0.1) is 11.6 Å². The van der Waals surface area contributed by atoms with Crippen LogP contribution in [0.2, 0.25) is 0 Å². The second kappa shape index (κ2) is 5.04. The summed E-state index contributed by atoms with van der Waals surface area (Å²) in [6.45, 7) is 4.54. The van der Waals surface area contributed by atoms with Crippen molar-refractivity contribution in [2.45, 2.75) is 44.9 Å². The minimum Gasteiger partial charge on any atom is -0.495 e. The lowest BCUT2D eigenvalue weighted by Crippen LogP contribution is -2.25. The van der Waals surface area contributed by atoms with Gasteiger partial charge in [0.1, 0.15) is 12.0 Å². The van der Waals surface area contributed by atoms with Crippen LogP contribution < -0.4 is 4.74 Å². The molecular weight excluding hydrogens is 292 g/mol. The number of carbonyl (C=O) groups excluding carboxylic acids is 1. The first-order chi connectivity index (χ1) is 8.51. The minimum absolute atomic E-state index is 0.166. The Kier molecular flexibility index (Phi) is 3.81. The molecule has 1 aromatic carbocycles. The second-order valence-electron chi connectivity index (χ2n) is 5.53. The van der Waals surface area contributed by atoms with Crippen LogP contribution in [-0.2, 0) is 23.1 Å². The zero-order valence-corrected chi connectivity index (χ0v) is 12.8. The third-order valence-electron chi connectivity index (χ3n) is 3.81. The fourth-order valence-electron chi connectivity index (χ4n) is 2.98. The van der Waals surface area contributed by atoms with Gasteiger partial charge in [-0.1, -0.05) is 19.9 Å². The maximum absolute atomic E-state index is 10.8. The standard InChI is InChI=1S/C15H19BrO2/c1-15(2)7-4-5-10-9-11(6-8-17)14(18-3)13(16)12(10)15/h8-9H,4-7H2,1-3H3. The number of aryl methyl sites for hydroxylation is 1. The molecule has 0 aliphatic heterocycles. The minimum atomic E-state index is 0.166. The largest absolute Gasteiger partial charge is 0.495 e. The molecule has 0 fully saturated rings. The Hall–Kier alpha value is -0.830. The van der Waals surface area contributed by atoms with E-state index >= 15 is 0 Å². The Bertz CT molecular complexity index is 478. The lowest BCUT2D eigenvalue weighted by molar-refractivity contribution is -0.107. The van der Waals surface area contributed by atoms with Crippen LogP contribution in [0, 0.1) is 0 Å². The van der Waals surface area contributed by atoms with Gasteiger partial charge in [0, 0.05) is 12.0 Å². The molecule has 0 heterocycles. The molecule has 0 N–H and O–H groups in total. The van der Waals surface area contributed by atoms with E-state index in [1.165, 1.54) is 24.0 Å². The highest BCUT2D eigenvalue weighted by atomic mass is 79.9. The van der Waals surface area contributed by atoms with Crippen molar-refractivity contribution in [3.63, 3.8) is 0 Å². The van der Waals surface area contributed by atoms with E-state index in [0.29, 0.717) is 6.42 Å². The third-order valence-corrected chi connectivity index (χ3v) is 4.57. The van der Waals surface area contributed by atoms with E-state index in [2.05, 4.69) is 35.8 Å². The summed E-state index contributed by atoms with van der Waals surface area (Å²) >= 11 is 3.68. The summed E-state index contributed by atoms with van der Waals surface area (Å²) in [6.07, 6.45) is 4.83. The molecule has 0 radical (unpaired) electrons. The molecule has 0 spiro atoms. The Morgan fingerprint density at radius 1 is 1.50 bits per heavy atom. The molecule has 0 amide bonds. The van der Waals surface area contributed by atoms with E-state index in [1.54, 1.807) is 7.11 Å². The highest BCUT2D eigenvalue weighted by Gasteiger charge is 2.31.